The molecule has 0 amide bonds. The normalized spacial score (nSPS) is 24.0. The van der Waals surface area contributed by atoms with E-state index in [1.54, 1.807) is 12.4 Å². The smallest absolute Gasteiger partial charge is 0.234 e. The molecule has 2 atom stereocenters. The molecule has 2 unspecified atom stereocenters. The molecule has 0 aromatic carbocycles. The van der Waals surface area contributed by atoms with E-state index in [2.05, 4.69) is 27.5 Å². The van der Waals surface area contributed by atoms with E-state index in [1.165, 1.54) is 0 Å². The number of nitrogens with one attached hydrogen (secondary N) is 2. The van der Waals surface area contributed by atoms with Crippen LogP contribution in [0.25, 0.3) is 0 Å². The van der Waals surface area contributed by atoms with E-state index in [4.69, 9.17) is 4.74 Å². The maximum atomic E-state index is 5.54. The summed E-state index contributed by atoms with van der Waals surface area (Å²) in [4.78, 5) is 8.57. The highest BCUT2D eigenvalue weighted by molar-refractivity contribution is 5.34. The monoisotopic (exact) mass is 250 g/mol. The number of anilines is 1. The summed E-state index contributed by atoms with van der Waals surface area (Å²) in [7, 11) is 0. The van der Waals surface area contributed by atoms with Crippen molar-refractivity contribution >= 4 is 5.82 Å². The molecule has 1 aromatic heterocycles. The van der Waals surface area contributed by atoms with Crippen LogP contribution in [-0.2, 0) is 0 Å². The summed E-state index contributed by atoms with van der Waals surface area (Å²) >= 11 is 0. The van der Waals surface area contributed by atoms with Gasteiger partial charge < -0.3 is 15.4 Å². The molecular formula is C13H22N4O. The average Bonchev–Trinajstić information content (AvgIpc) is 2.28. The number of nitrogens with zero attached hydrogens (tertiary/aromatic N) is 2. The zero-order valence-corrected chi connectivity index (χ0v) is 11.3. The fourth-order valence-corrected chi connectivity index (χ4v) is 2.19. The van der Waals surface area contributed by atoms with Crippen LogP contribution in [0.1, 0.15) is 33.6 Å². The number of hydrogen-bond acceptors (Lipinski definition) is 5. The minimum atomic E-state index is 0.119. The summed E-state index contributed by atoms with van der Waals surface area (Å²) in [5.41, 5.74) is 0. The van der Waals surface area contributed by atoms with Gasteiger partial charge in [0.2, 0.25) is 5.88 Å². The van der Waals surface area contributed by atoms with Crippen molar-refractivity contribution < 1.29 is 4.74 Å². The predicted octanol–water partition coefficient (Wildman–Crippen LogP) is 1.82. The molecule has 0 radical (unpaired) electrons. The lowest BCUT2D eigenvalue weighted by atomic mass is 10.0. The second-order valence-electron chi connectivity index (χ2n) is 5.13. The SMILES string of the molecule is CC1CC(Nc2cncc(OC(C)C)n2)CCN1. The van der Waals surface area contributed by atoms with Gasteiger partial charge in [-0.25, -0.2) is 0 Å². The van der Waals surface area contributed by atoms with Crippen molar-refractivity contribution in [3.63, 3.8) is 0 Å². The first-order valence-corrected chi connectivity index (χ1v) is 6.62. The van der Waals surface area contributed by atoms with Gasteiger partial charge >= 0.3 is 0 Å². The van der Waals surface area contributed by atoms with Crippen LogP contribution < -0.4 is 15.4 Å². The van der Waals surface area contributed by atoms with Crippen LogP contribution in [0.2, 0.25) is 0 Å². The van der Waals surface area contributed by atoms with E-state index in [1.807, 2.05) is 13.8 Å². The molecule has 100 valence electrons. The van der Waals surface area contributed by atoms with Crippen LogP contribution in [0.4, 0.5) is 5.82 Å². The minimum absolute atomic E-state index is 0.119. The molecule has 1 aliphatic rings. The van der Waals surface area contributed by atoms with Crippen molar-refractivity contribution in [2.24, 2.45) is 0 Å². The molecule has 2 heterocycles. The van der Waals surface area contributed by atoms with Crippen LogP contribution in [0.5, 0.6) is 5.88 Å². The van der Waals surface area contributed by atoms with Gasteiger partial charge in [0.05, 0.1) is 18.5 Å². The van der Waals surface area contributed by atoms with Gasteiger partial charge in [-0.3, -0.25) is 4.98 Å². The highest BCUT2D eigenvalue weighted by Crippen LogP contribution is 2.16. The minimum Gasteiger partial charge on any atom is -0.474 e. The molecule has 5 nitrogen and oxygen atoms in total. The fourth-order valence-electron chi connectivity index (χ4n) is 2.19. The van der Waals surface area contributed by atoms with E-state index in [0.29, 0.717) is 18.0 Å². The summed E-state index contributed by atoms with van der Waals surface area (Å²) in [6.07, 6.45) is 5.74. The Kier molecular flexibility index (Phi) is 4.36. The Labute approximate surface area is 108 Å². The van der Waals surface area contributed by atoms with Gasteiger partial charge in [-0.1, -0.05) is 0 Å². The largest absolute Gasteiger partial charge is 0.474 e. The molecule has 1 aliphatic heterocycles. The van der Waals surface area contributed by atoms with Gasteiger partial charge in [0.25, 0.3) is 0 Å². The molecule has 1 saturated heterocycles. The zero-order chi connectivity index (χ0) is 13.0. The lowest BCUT2D eigenvalue weighted by Crippen LogP contribution is -2.41. The molecule has 1 aromatic rings. The molecular weight excluding hydrogens is 228 g/mol. The summed E-state index contributed by atoms with van der Waals surface area (Å²) in [6.45, 7) is 7.22. The molecule has 2 N–H and O–H groups in total. The second kappa shape index (κ2) is 6.00. The van der Waals surface area contributed by atoms with E-state index < -0.39 is 0 Å². The summed E-state index contributed by atoms with van der Waals surface area (Å²) in [6, 6.07) is 1.02. The standard InChI is InChI=1S/C13H22N4O/c1-9(2)18-13-8-14-7-12(17-13)16-11-4-5-15-10(3)6-11/h7-11,15H,4-6H2,1-3H3,(H,16,17). The first-order valence-electron chi connectivity index (χ1n) is 6.62. The lowest BCUT2D eigenvalue weighted by Gasteiger charge is -2.28. The van der Waals surface area contributed by atoms with Crippen molar-refractivity contribution in [3.05, 3.63) is 12.4 Å². The zero-order valence-electron chi connectivity index (χ0n) is 11.3. The third kappa shape index (κ3) is 3.84. The summed E-state index contributed by atoms with van der Waals surface area (Å²) in [5.74, 6) is 1.38. The maximum absolute atomic E-state index is 5.54. The van der Waals surface area contributed by atoms with Crippen LogP contribution in [0.15, 0.2) is 12.4 Å². The van der Waals surface area contributed by atoms with Gasteiger partial charge in [0.15, 0.2) is 0 Å². The number of piperidine rings is 1. The Morgan fingerprint density at radius 2 is 2.28 bits per heavy atom. The van der Waals surface area contributed by atoms with Crippen molar-refractivity contribution in [1.82, 2.24) is 15.3 Å². The van der Waals surface area contributed by atoms with E-state index in [0.717, 1.165) is 25.2 Å². The van der Waals surface area contributed by atoms with Crippen LogP contribution in [0.3, 0.4) is 0 Å². The molecule has 1 fully saturated rings. The average molecular weight is 250 g/mol. The third-order valence-electron chi connectivity index (χ3n) is 2.94. The van der Waals surface area contributed by atoms with Crippen LogP contribution in [0, 0.1) is 0 Å². The topological polar surface area (TPSA) is 59.1 Å². The number of rotatable bonds is 4. The van der Waals surface area contributed by atoms with Gasteiger partial charge in [0.1, 0.15) is 5.82 Å². The maximum Gasteiger partial charge on any atom is 0.234 e. The highest BCUT2D eigenvalue weighted by atomic mass is 16.5. The fraction of sp³-hybridized carbons (Fsp3) is 0.692. The molecule has 2 rings (SSSR count). The second-order valence-corrected chi connectivity index (χ2v) is 5.13. The number of aromatic nitrogens is 2. The Morgan fingerprint density at radius 3 is 3.00 bits per heavy atom. The summed E-state index contributed by atoms with van der Waals surface area (Å²) in [5, 5.41) is 6.87. The molecule has 0 saturated carbocycles. The molecule has 18 heavy (non-hydrogen) atoms. The first-order chi connectivity index (χ1) is 8.63. The molecule has 5 heteroatoms. The molecule has 0 aliphatic carbocycles. The quantitative estimate of drug-likeness (QED) is 0.853. The Morgan fingerprint density at radius 1 is 1.44 bits per heavy atom. The van der Waals surface area contributed by atoms with Gasteiger partial charge in [-0.2, -0.15) is 4.98 Å². The Balaban J connectivity index is 1.96. The van der Waals surface area contributed by atoms with Crippen molar-refractivity contribution in [2.45, 2.75) is 51.8 Å². The van der Waals surface area contributed by atoms with E-state index in [9.17, 15) is 0 Å². The van der Waals surface area contributed by atoms with Gasteiger partial charge in [0, 0.05) is 12.1 Å². The van der Waals surface area contributed by atoms with E-state index in [-0.39, 0.29) is 6.10 Å². The van der Waals surface area contributed by atoms with Crippen molar-refractivity contribution in [1.29, 1.82) is 0 Å². The number of hydrogen-bond donors (Lipinski definition) is 2. The number of ether oxygens (including phenoxy) is 1. The molecule has 0 bridgehead atoms. The lowest BCUT2D eigenvalue weighted by molar-refractivity contribution is 0.232. The van der Waals surface area contributed by atoms with Crippen LogP contribution >= 0.6 is 0 Å². The Hall–Kier alpha value is -1.36. The first kappa shape index (κ1) is 13.1. The van der Waals surface area contributed by atoms with E-state index >= 15 is 0 Å². The van der Waals surface area contributed by atoms with Crippen molar-refractivity contribution in [2.75, 3.05) is 11.9 Å². The van der Waals surface area contributed by atoms with Crippen molar-refractivity contribution in [3.8, 4) is 5.88 Å². The molecule has 0 spiro atoms. The van der Waals surface area contributed by atoms with Gasteiger partial charge in [-0.15, -0.1) is 0 Å². The predicted molar refractivity (Wildman–Crippen MR) is 71.9 cm³/mol. The summed E-state index contributed by atoms with van der Waals surface area (Å²) < 4.78 is 5.54. The van der Waals surface area contributed by atoms with Crippen LogP contribution in [-0.4, -0.2) is 34.7 Å². The Bertz CT molecular complexity index is 383. The highest BCUT2D eigenvalue weighted by Gasteiger charge is 2.18. The van der Waals surface area contributed by atoms with Gasteiger partial charge in [-0.05, 0) is 40.2 Å². The third-order valence-corrected chi connectivity index (χ3v) is 2.94.